The Bertz CT molecular complexity index is 898. The summed E-state index contributed by atoms with van der Waals surface area (Å²) < 4.78 is 0. The first-order valence-electron chi connectivity index (χ1n) is 8.96. The zero-order chi connectivity index (χ0) is 17.8. The van der Waals surface area contributed by atoms with Crippen LogP contribution >= 0.6 is 0 Å². The van der Waals surface area contributed by atoms with Gasteiger partial charge < -0.3 is 4.90 Å². The van der Waals surface area contributed by atoms with Gasteiger partial charge in [-0.25, -0.2) is 0 Å². The number of carbonyl (C=O) groups excluding carboxylic acids is 1. The summed E-state index contributed by atoms with van der Waals surface area (Å²) in [5.74, 6) is 0.187. The van der Waals surface area contributed by atoms with Crippen molar-refractivity contribution in [2.75, 3.05) is 0 Å². The van der Waals surface area contributed by atoms with E-state index >= 15 is 0 Å². The van der Waals surface area contributed by atoms with Crippen molar-refractivity contribution in [2.45, 2.75) is 19.0 Å². The van der Waals surface area contributed by atoms with Crippen molar-refractivity contribution >= 4 is 5.78 Å². The van der Waals surface area contributed by atoms with Gasteiger partial charge in [0.1, 0.15) is 0 Å². The quantitative estimate of drug-likeness (QED) is 0.636. The molecule has 0 saturated carbocycles. The second-order valence-electron chi connectivity index (χ2n) is 6.65. The van der Waals surface area contributed by atoms with Crippen LogP contribution < -0.4 is 0 Å². The first kappa shape index (κ1) is 16.3. The van der Waals surface area contributed by atoms with Crippen LogP contribution in [0.5, 0.6) is 0 Å². The Morgan fingerprint density at radius 3 is 2.08 bits per heavy atom. The molecule has 2 nitrogen and oxygen atoms in total. The fourth-order valence-corrected chi connectivity index (χ4v) is 3.45. The van der Waals surface area contributed by atoms with Gasteiger partial charge in [0.25, 0.3) is 0 Å². The number of allylic oxidation sites excluding steroid dienone is 1. The third kappa shape index (κ3) is 3.60. The van der Waals surface area contributed by atoms with Crippen LogP contribution in [-0.4, -0.2) is 10.7 Å². The number of ketones is 1. The van der Waals surface area contributed by atoms with Crippen LogP contribution in [0.1, 0.15) is 23.6 Å². The lowest BCUT2D eigenvalue weighted by molar-refractivity contribution is -0.116. The average molecular weight is 339 g/mol. The van der Waals surface area contributed by atoms with Crippen LogP contribution in [-0.2, 0) is 11.3 Å². The summed E-state index contributed by atoms with van der Waals surface area (Å²) in [5, 5.41) is 0. The van der Waals surface area contributed by atoms with Gasteiger partial charge in [-0.05, 0) is 28.3 Å². The monoisotopic (exact) mass is 339 g/mol. The first-order valence-corrected chi connectivity index (χ1v) is 8.96. The Balaban J connectivity index is 1.59. The Labute approximate surface area is 154 Å². The predicted octanol–water partition coefficient (Wildman–Crippen LogP) is 5.38. The number of carbonyl (C=O) groups is 1. The molecule has 0 N–H and O–H groups in total. The molecule has 4 rings (SSSR count). The zero-order valence-electron chi connectivity index (χ0n) is 14.6. The molecule has 1 aliphatic heterocycles. The highest BCUT2D eigenvalue weighted by atomic mass is 16.1. The molecule has 0 amide bonds. The molecule has 2 heteroatoms. The number of rotatable bonds is 4. The van der Waals surface area contributed by atoms with Crippen molar-refractivity contribution in [1.82, 2.24) is 4.90 Å². The van der Waals surface area contributed by atoms with Crippen LogP contribution in [0.15, 0.2) is 97.2 Å². The maximum atomic E-state index is 12.0. The molecule has 1 heterocycles. The van der Waals surface area contributed by atoms with Gasteiger partial charge in [0, 0.05) is 19.2 Å². The summed E-state index contributed by atoms with van der Waals surface area (Å²) in [6.07, 6.45) is 4.15. The summed E-state index contributed by atoms with van der Waals surface area (Å²) in [4.78, 5) is 14.3. The maximum Gasteiger partial charge on any atom is 0.159 e. The molecule has 0 radical (unpaired) electrons. The van der Waals surface area contributed by atoms with E-state index in [2.05, 4.69) is 77.7 Å². The van der Waals surface area contributed by atoms with Gasteiger partial charge in [0.05, 0.1) is 6.04 Å². The largest absolute Gasteiger partial charge is 0.366 e. The minimum atomic E-state index is 0.0810. The number of nitrogens with zero attached hydrogens (tertiary/aromatic N) is 1. The van der Waals surface area contributed by atoms with Crippen LogP contribution in [0.2, 0.25) is 0 Å². The Hall–Kier alpha value is -3.13. The molecular formula is C24H21NO. The molecule has 0 fully saturated rings. The second kappa shape index (κ2) is 7.40. The molecule has 3 aromatic carbocycles. The minimum absolute atomic E-state index is 0.0810. The van der Waals surface area contributed by atoms with Gasteiger partial charge in [0.15, 0.2) is 5.78 Å². The molecular weight excluding hydrogens is 318 g/mol. The van der Waals surface area contributed by atoms with E-state index < -0.39 is 0 Å². The van der Waals surface area contributed by atoms with Crippen molar-refractivity contribution in [3.63, 3.8) is 0 Å². The van der Waals surface area contributed by atoms with Gasteiger partial charge >= 0.3 is 0 Å². The predicted molar refractivity (Wildman–Crippen MR) is 105 cm³/mol. The molecule has 3 aromatic rings. The molecule has 128 valence electrons. The summed E-state index contributed by atoms with van der Waals surface area (Å²) in [6.45, 7) is 0.801. The SMILES string of the molecule is O=C1C=CN(Cc2ccccc2)C(c2ccc(-c3ccccc3)cc2)C1. The lowest BCUT2D eigenvalue weighted by Gasteiger charge is -2.33. The van der Waals surface area contributed by atoms with E-state index in [1.807, 2.05) is 18.3 Å². The van der Waals surface area contributed by atoms with Gasteiger partial charge in [-0.1, -0.05) is 84.9 Å². The molecule has 1 aliphatic rings. The van der Waals surface area contributed by atoms with Crippen molar-refractivity contribution in [3.8, 4) is 11.1 Å². The molecule has 1 unspecified atom stereocenters. The highest BCUT2D eigenvalue weighted by Gasteiger charge is 2.24. The summed E-state index contributed by atoms with van der Waals surface area (Å²) in [7, 11) is 0. The number of hydrogen-bond acceptors (Lipinski definition) is 2. The van der Waals surface area contributed by atoms with Gasteiger partial charge in [-0.2, -0.15) is 0 Å². The summed E-state index contributed by atoms with van der Waals surface area (Å²) >= 11 is 0. The van der Waals surface area contributed by atoms with Gasteiger partial charge in [-0.3, -0.25) is 4.79 Å². The molecule has 0 spiro atoms. The first-order chi connectivity index (χ1) is 12.8. The van der Waals surface area contributed by atoms with Crippen LogP contribution in [0, 0.1) is 0 Å². The molecule has 26 heavy (non-hydrogen) atoms. The van der Waals surface area contributed by atoms with E-state index in [0.717, 1.165) is 6.54 Å². The van der Waals surface area contributed by atoms with Crippen molar-refractivity contribution < 1.29 is 4.79 Å². The van der Waals surface area contributed by atoms with Crippen LogP contribution in [0.25, 0.3) is 11.1 Å². The standard InChI is InChI=1S/C24H21NO/c26-23-15-16-25(18-19-7-3-1-4-8-19)24(17-23)22-13-11-21(12-14-22)20-9-5-2-6-10-20/h1-16,24H,17-18H2. The van der Waals surface area contributed by atoms with Gasteiger partial charge in [0.2, 0.25) is 0 Å². The lowest BCUT2D eigenvalue weighted by atomic mass is 9.94. The number of hydrogen-bond donors (Lipinski definition) is 0. The van der Waals surface area contributed by atoms with Crippen molar-refractivity contribution in [3.05, 3.63) is 108 Å². The molecule has 0 aliphatic carbocycles. The molecule has 0 bridgehead atoms. The minimum Gasteiger partial charge on any atom is -0.366 e. The normalized spacial score (nSPS) is 16.7. The Morgan fingerprint density at radius 2 is 1.38 bits per heavy atom. The van der Waals surface area contributed by atoms with Crippen LogP contribution in [0.3, 0.4) is 0 Å². The third-order valence-electron chi connectivity index (χ3n) is 4.86. The molecule has 1 atom stereocenters. The average Bonchev–Trinajstić information content (AvgIpc) is 2.71. The van der Waals surface area contributed by atoms with Crippen LogP contribution in [0.4, 0.5) is 0 Å². The summed E-state index contributed by atoms with van der Waals surface area (Å²) in [5.41, 5.74) is 4.83. The molecule has 0 saturated heterocycles. The highest BCUT2D eigenvalue weighted by Crippen LogP contribution is 2.31. The van der Waals surface area contributed by atoms with Crippen molar-refractivity contribution in [2.24, 2.45) is 0 Å². The highest BCUT2D eigenvalue weighted by molar-refractivity contribution is 5.91. The third-order valence-corrected chi connectivity index (χ3v) is 4.86. The summed E-state index contributed by atoms with van der Waals surface area (Å²) in [6, 6.07) is 29.4. The van der Waals surface area contributed by atoms with E-state index in [1.54, 1.807) is 6.08 Å². The lowest BCUT2D eigenvalue weighted by Crippen LogP contribution is -2.28. The van der Waals surface area contributed by atoms with Crippen molar-refractivity contribution in [1.29, 1.82) is 0 Å². The smallest absolute Gasteiger partial charge is 0.159 e. The second-order valence-corrected chi connectivity index (χ2v) is 6.65. The Morgan fingerprint density at radius 1 is 0.769 bits per heavy atom. The van der Waals surface area contributed by atoms with E-state index in [9.17, 15) is 4.79 Å². The van der Waals surface area contributed by atoms with Gasteiger partial charge in [-0.15, -0.1) is 0 Å². The van der Waals surface area contributed by atoms with E-state index in [1.165, 1.54) is 22.3 Å². The number of benzene rings is 3. The topological polar surface area (TPSA) is 20.3 Å². The zero-order valence-corrected chi connectivity index (χ0v) is 14.6. The Kier molecular flexibility index (Phi) is 4.65. The molecule has 0 aromatic heterocycles. The van der Waals surface area contributed by atoms with E-state index in [4.69, 9.17) is 0 Å². The fraction of sp³-hybridized carbons (Fsp3) is 0.125. The van der Waals surface area contributed by atoms with E-state index in [-0.39, 0.29) is 11.8 Å². The fourth-order valence-electron chi connectivity index (χ4n) is 3.45. The maximum absolute atomic E-state index is 12.0. The van der Waals surface area contributed by atoms with E-state index in [0.29, 0.717) is 6.42 Å².